The molecule has 1 aliphatic carbocycles. The van der Waals surface area contributed by atoms with Crippen LogP contribution in [0.5, 0.6) is 0 Å². The van der Waals surface area contributed by atoms with Gasteiger partial charge < -0.3 is 15.2 Å². The summed E-state index contributed by atoms with van der Waals surface area (Å²) in [6, 6.07) is -0.298. The van der Waals surface area contributed by atoms with Crippen molar-refractivity contribution in [1.82, 2.24) is 5.32 Å². The van der Waals surface area contributed by atoms with Crippen molar-refractivity contribution in [2.24, 2.45) is 11.3 Å². The lowest BCUT2D eigenvalue weighted by Crippen LogP contribution is -2.41. The molecule has 0 fully saturated rings. The fourth-order valence-corrected chi connectivity index (χ4v) is 2.18. The Labute approximate surface area is 114 Å². The molecule has 0 saturated carbocycles. The molecule has 5 nitrogen and oxygen atoms in total. The van der Waals surface area contributed by atoms with Crippen molar-refractivity contribution in [3.05, 3.63) is 12.2 Å². The van der Waals surface area contributed by atoms with Gasteiger partial charge >= 0.3 is 12.1 Å². The Hall–Kier alpha value is -1.52. The minimum Gasteiger partial charge on any atom is -0.481 e. The van der Waals surface area contributed by atoms with Crippen LogP contribution >= 0.6 is 0 Å². The standard InChI is InChI=1S/C14H23NO4/c1-9(2)14(11(16)17)7-6-10(8-14)15-12(18)19-13(3,4)5/h6-7,9-10H,8H2,1-5H3,(H,15,18)(H,16,17). The van der Waals surface area contributed by atoms with Gasteiger partial charge in [0.1, 0.15) is 5.60 Å². The molecule has 0 bridgehead atoms. The van der Waals surface area contributed by atoms with Crippen LogP contribution in [0.15, 0.2) is 12.2 Å². The van der Waals surface area contributed by atoms with Gasteiger partial charge in [-0.3, -0.25) is 4.79 Å². The van der Waals surface area contributed by atoms with E-state index >= 15 is 0 Å². The highest BCUT2D eigenvalue weighted by molar-refractivity contribution is 5.79. The molecule has 1 aliphatic rings. The number of alkyl carbamates (subject to hydrolysis) is 1. The van der Waals surface area contributed by atoms with E-state index in [1.54, 1.807) is 32.9 Å². The van der Waals surface area contributed by atoms with Crippen molar-refractivity contribution in [3.8, 4) is 0 Å². The second-order valence-electron chi connectivity index (χ2n) is 6.32. The van der Waals surface area contributed by atoms with Gasteiger partial charge in [-0.1, -0.05) is 26.0 Å². The molecule has 0 radical (unpaired) electrons. The zero-order valence-electron chi connectivity index (χ0n) is 12.2. The van der Waals surface area contributed by atoms with E-state index in [0.717, 1.165) is 0 Å². The Balaban J connectivity index is 2.65. The quantitative estimate of drug-likeness (QED) is 0.772. The number of carbonyl (C=O) groups excluding carboxylic acids is 1. The summed E-state index contributed by atoms with van der Waals surface area (Å²) < 4.78 is 5.16. The third-order valence-corrected chi connectivity index (χ3v) is 3.31. The van der Waals surface area contributed by atoms with Gasteiger partial charge in [-0.05, 0) is 33.1 Å². The third-order valence-electron chi connectivity index (χ3n) is 3.31. The van der Waals surface area contributed by atoms with Gasteiger partial charge in [0.25, 0.3) is 0 Å². The van der Waals surface area contributed by atoms with Crippen molar-refractivity contribution in [3.63, 3.8) is 0 Å². The van der Waals surface area contributed by atoms with Crippen molar-refractivity contribution < 1.29 is 19.4 Å². The number of ether oxygens (including phenoxy) is 1. The predicted octanol–water partition coefficient (Wildman–Crippen LogP) is 2.57. The van der Waals surface area contributed by atoms with Crippen LogP contribution < -0.4 is 5.32 Å². The van der Waals surface area contributed by atoms with Crippen molar-refractivity contribution in [1.29, 1.82) is 0 Å². The number of carboxylic acids is 1. The molecule has 5 heteroatoms. The molecule has 0 saturated heterocycles. The molecule has 2 atom stereocenters. The van der Waals surface area contributed by atoms with Gasteiger partial charge in [-0.25, -0.2) is 4.79 Å². The largest absolute Gasteiger partial charge is 0.481 e. The predicted molar refractivity (Wildman–Crippen MR) is 71.8 cm³/mol. The van der Waals surface area contributed by atoms with Crippen molar-refractivity contribution >= 4 is 12.1 Å². The van der Waals surface area contributed by atoms with E-state index in [1.807, 2.05) is 13.8 Å². The first kappa shape index (κ1) is 15.5. The molecule has 0 heterocycles. The van der Waals surface area contributed by atoms with E-state index in [0.29, 0.717) is 6.42 Å². The number of hydrogen-bond acceptors (Lipinski definition) is 3. The van der Waals surface area contributed by atoms with Crippen molar-refractivity contribution in [2.45, 2.75) is 52.7 Å². The smallest absolute Gasteiger partial charge is 0.408 e. The van der Waals surface area contributed by atoms with Gasteiger partial charge in [-0.15, -0.1) is 0 Å². The lowest BCUT2D eigenvalue weighted by molar-refractivity contribution is -0.148. The SMILES string of the molecule is CC(C)C1(C(=O)O)C=CC(NC(=O)OC(C)(C)C)C1. The molecule has 19 heavy (non-hydrogen) atoms. The Morgan fingerprint density at radius 3 is 2.37 bits per heavy atom. The molecule has 0 spiro atoms. The van der Waals surface area contributed by atoms with Crippen LogP contribution in [0.3, 0.4) is 0 Å². The Bertz CT molecular complexity index is 395. The maximum Gasteiger partial charge on any atom is 0.408 e. The average Bonchev–Trinajstić information content (AvgIpc) is 2.59. The lowest BCUT2D eigenvalue weighted by Gasteiger charge is -2.28. The highest BCUT2D eigenvalue weighted by atomic mass is 16.6. The molecular weight excluding hydrogens is 246 g/mol. The molecule has 0 aromatic carbocycles. The molecule has 0 aliphatic heterocycles. The number of carbonyl (C=O) groups is 2. The summed E-state index contributed by atoms with van der Waals surface area (Å²) in [6.07, 6.45) is 3.26. The Morgan fingerprint density at radius 1 is 1.42 bits per heavy atom. The highest BCUT2D eigenvalue weighted by Gasteiger charge is 2.44. The van der Waals surface area contributed by atoms with Gasteiger partial charge in [0.05, 0.1) is 11.5 Å². The number of rotatable bonds is 3. The van der Waals surface area contributed by atoms with Crippen LogP contribution in [0, 0.1) is 11.3 Å². The van der Waals surface area contributed by atoms with Crippen LogP contribution in [0.2, 0.25) is 0 Å². The summed E-state index contributed by atoms with van der Waals surface area (Å²) in [4.78, 5) is 23.1. The second kappa shape index (κ2) is 5.23. The maximum atomic E-state index is 11.7. The lowest BCUT2D eigenvalue weighted by atomic mass is 9.76. The summed E-state index contributed by atoms with van der Waals surface area (Å²) in [6.45, 7) is 9.09. The minimum atomic E-state index is -0.903. The molecular formula is C14H23NO4. The molecule has 2 N–H and O–H groups in total. The number of amides is 1. The number of carboxylic acid groups (broad SMARTS) is 1. The van der Waals surface area contributed by atoms with E-state index in [-0.39, 0.29) is 12.0 Å². The molecule has 1 rings (SSSR count). The fraction of sp³-hybridized carbons (Fsp3) is 0.714. The van der Waals surface area contributed by atoms with Gasteiger partial charge in [0.2, 0.25) is 0 Å². The summed E-state index contributed by atoms with van der Waals surface area (Å²) in [7, 11) is 0. The van der Waals surface area contributed by atoms with Crippen molar-refractivity contribution in [2.75, 3.05) is 0 Å². The van der Waals surface area contributed by atoms with Crippen LogP contribution in [0.4, 0.5) is 4.79 Å². The van der Waals surface area contributed by atoms with Gasteiger partial charge in [0.15, 0.2) is 0 Å². The van der Waals surface area contributed by atoms with E-state index in [4.69, 9.17) is 4.74 Å². The molecule has 2 unspecified atom stereocenters. The number of aliphatic carboxylic acids is 1. The van der Waals surface area contributed by atoms with E-state index in [9.17, 15) is 14.7 Å². The summed E-state index contributed by atoms with van der Waals surface area (Å²) in [5, 5.41) is 12.1. The summed E-state index contributed by atoms with van der Waals surface area (Å²) in [5.74, 6) is -0.890. The zero-order valence-corrected chi connectivity index (χ0v) is 12.2. The molecule has 1 amide bonds. The van der Waals surface area contributed by atoms with E-state index < -0.39 is 23.1 Å². The van der Waals surface area contributed by atoms with E-state index in [1.165, 1.54) is 0 Å². The van der Waals surface area contributed by atoms with Crippen LogP contribution in [0.25, 0.3) is 0 Å². The molecule has 108 valence electrons. The maximum absolute atomic E-state index is 11.7. The van der Waals surface area contributed by atoms with Crippen LogP contribution in [0.1, 0.15) is 41.0 Å². The second-order valence-corrected chi connectivity index (χ2v) is 6.32. The molecule has 0 aromatic rings. The first-order valence-corrected chi connectivity index (χ1v) is 6.49. The van der Waals surface area contributed by atoms with Crippen LogP contribution in [-0.2, 0) is 9.53 Å². The van der Waals surface area contributed by atoms with Gasteiger partial charge in [-0.2, -0.15) is 0 Å². The minimum absolute atomic E-state index is 0.0355. The average molecular weight is 269 g/mol. The van der Waals surface area contributed by atoms with Crippen LogP contribution in [-0.4, -0.2) is 28.8 Å². The first-order chi connectivity index (χ1) is 8.57. The Kier molecular flexibility index (Phi) is 4.28. The highest BCUT2D eigenvalue weighted by Crippen LogP contribution is 2.39. The first-order valence-electron chi connectivity index (χ1n) is 6.49. The summed E-state index contributed by atoms with van der Waals surface area (Å²) >= 11 is 0. The van der Waals surface area contributed by atoms with E-state index in [2.05, 4.69) is 5.32 Å². The monoisotopic (exact) mass is 269 g/mol. The molecule has 0 aromatic heterocycles. The number of nitrogens with one attached hydrogen (secondary N) is 1. The Morgan fingerprint density at radius 2 is 2.00 bits per heavy atom. The number of hydrogen-bond donors (Lipinski definition) is 2. The topological polar surface area (TPSA) is 75.6 Å². The fourth-order valence-electron chi connectivity index (χ4n) is 2.18. The summed E-state index contributed by atoms with van der Waals surface area (Å²) in [5.41, 5.74) is -1.46. The zero-order chi connectivity index (χ0) is 14.8. The normalized spacial score (nSPS) is 26.5. The third kappa shape index (κ3) is 3.72. The van der Waals surface area contributed by atoms with Gasteiger partial charge in [0, 0.05) is 0 Å².